The van der Waals surface area contributed by atoms with Crippen molar-refractivity contribution in [3.8, 4) is 0 Å². The Morgan fingerprint density at radius 3 is 1.50 bits per heavy atom. The number of ketones is 1. The fourth-order valence-electron chi connectivity index (χ4n) is 0.485. The van der Waals surface area contributed by atoms with Crippen molar-refractivity contribution in [2.75, 3.05) is 0 Å². The molecule has 0 aromatic heterocycles. The van der Waals surface area contributed by atoms with E-state index in [9.17, 15) is 9.90 Å². The SMILES string of the molecule is CC(C)C(=[OH+])/C=C(\O)C(C)C.CC(C)O.[Zr]. The average Bonchev–Trinajstić information content (AvgIpc) is 2.02. The molecule has 0 saturated heterocycles. The zero-order valence-corrected chi connectivity index (χ0v) is 13.6. The third-order valence-electron chi connectivity index (χ3n) is 1.48. The van der Waals surface area contributed by atoms with Crippen LogP contribution in [-0.4, -0.2) is 26.9 Å². The van der Waals surface area contributed by atoms with Gasteiger partial charge in [-0.25, -0.2) is 0 Å². The summed E-state index contributed by atoms with van der Waals surface area (Å²) in [5.74, 6) is 0.624. The first-order valence-electron chi connectivity index (χ1n) is 5.32. The van der Waals surface area contributed by atoms with Crippen molar-refractivity contribution in [2.45, 2.75) is 47.6 Å². The van der Waals surface area contributed by atoms with Gasteiger partial charge in [0.1, 0.15) is 5.76 Å². The minimum Gasteiger partial charge on any atom is -0.512 e. The number of allylic oxidation sites excluding steroid dienone is 2. The Bertz CT molecular complexity index is 206. The third-order valence-corrected chi connectivity index (χ3v) is 1.48. The van der Waals surface area contributed by atoms with Crippen LogP contribution in [-0.2, 0) is 26.2 Å². The largest absolute Gasteiger partial charge is 0.512 e. The van der Waals surface area contributed by atoms with Crippen LogP contribution in [0.5, 0.6) is 0 Å². The van der Waals surface area contributed by atoms with Crippen molar-refractivity contribution in [3.63, 3.8) is 0 Å². The fourth-order valence-corrected chi connectivity index (χ4v) is 0.485. The Labute approximate surface area is 118 Å². The van der Waals surface area contributed by atoms with E-state index in [2.05, 4.69) is 0 Å². The van der Waals surface area contributed by atoms with Gasteiger partial charge >= 0.3 is 5.78 Å². The molecule has 0 amide bonds. The molecule has 4 heteroatoms. The van der Waals surface area contributed by atoms with Crippen molar-refractivity contribution in [1.29, 1.82) is 0 Å². The van der Waals surface area contributed by atoms with Gasteiger partial charge in [0.05, 0.1) is 12.0 Å². The molecule has 0 atom stereocenters. The second-order valence-electron chi connectivity index (χ2n) is 4.40. The molecule has 0 aromatic rings. The van der Waals surface area contributed by atoms with Gasteiger partial charge in [-0.2, -0.15) is 0 Å². The predicted octanol–water partition coefficient (Wildman–Crippen LogP) is 2.67. The molecular weight excluding hydrogens is 283 g/mol. The van der Waals surface area contributed by atoms with Crippen LogP contribution < -0.4 is 0 Å². The van der Waals surface area contributed by atoms with Crippen molar-refractivity contribution in [1.82, 2.24) is 0 Å². The van der Waals surface area contributed by atoms with Crippen molar-refractivity contribution in [3.05, 3.63) is 11.8 Å². The molecule has 0 aliphatic rings. The number of hydrogen-bond acceptors (Lipinski definition) is 2. The van der Waals surface area contributed by atoms with Crippen LogP contribution in [0.15, 0.2) is 11.8 Å². The zero-order chi connectivity index (χ0) is 12.6. The molecule has 0 rings (SSSR count). The molecule has 0 saturated carbocycles. The number of aliphatic hydroxyl groups excluding tert-OH is 2. The van der Waals surface area contributed by atoms with Crippen LogP contribution in [0, 0.1) is 11.8 Å². The molecule has 0 fully saturated rings. The number of rotatable bonds is 3. The molecule has 0 aliphatic heterocycles. The summed E-state index contributed by atoms with van der Waals surface area (Å²) >= 11 is 0. The van der Waals surface area contributed by atoms with Crippen LogP contribution in [0.1, 0.15) is 41.5 Å². The van der Waals surface area contributed by atoms with Crippen LogP contribution >= 0.6 is 0 Å². The van der Waals surface area contributed by atoms with E-state index in [1.807, 2.05) is 27.7 Å². The van der Waals surface area contributed by atoms with E-state index in [1.165, 1.54) is 6.08 Å². The molecule has 0 aromatic carbocycles. The number of hydrogen-bond donors (Lipinski definition) is 2. The van der Waals surface area contributed by atoms with Gasteiger partial charge in [0.15, 0.2) is 0 Å². The van der Waals surface area contributed by atoms with Crippen molar-refractivity contribution >= 4 is 5.78 Å². The van der Waals surface area contributed by atoms with E-state index >= 15 is 0 Å². The maximum atomic E-state index is 9.23. The standard InChI is InChI=1S/C9H16O2.C3H8O.Zr/c1-6(2)8(10)5-9(11)7(3)4;1-3(2)4;/h5-7,10H,1-4H3;3-4H,1-2H3;/p+1/b8-5-;;. The van der Waals surface area contributed by atoms with Gasteiger partial charge in [-0.1, -0.05) is 27.7 Å². The quantitative estimate of drug-likeness (QED) is 0.478. The van der Waals surface area contributed by atoms with E-state index < -0.39 is 0 Å². The molecule has 0 spiro atoms. The maximum Gasteiger partial charge on any atom is 0.322 e. The molecule has 0 radical (unpaired) electrons. The predicted molar refractivity (Wildman–Crippen MR) is 64.7 cm³/mol. The summed E-state index contributed by atoms with van der Waals surface area (Å²) in [6.45, 7) is 10.9. The van der Waals surface area contributed by atoms with E-state index in [0.29, 0.717) is 0 Å². The monoisotopic (exact) mass is 307 g/mol. The first-order valence-corrected chi connectivity index (χ1v) is 5.32. The summed E-state index contributed by atoms with van der Waals surface area (Å²) in [4.78, 5) is 9.23. The van der Waals surface area contributed by atoms with Gasteiger partial charge in [-0.05, 0) is 13.8 Å². The topological polar surface area (TPSA) is 61.9 Å². The molecule has 0 heterocycles. The fraction of sp³-hybridized carbons (Fsp3) is 0.750. The molecule has 0 bridgehead atoms. The first-order chi connectivity index (χ1) is 6.68. The summed E-state index contributed by atoms with van der Waals surface area (Å²) in [5.41, 5.74) is 0. The molecule has 0 unspecified atom stereocenters. The summed E-state index contributed by atoms with van der Waals surface area (Å²) < 4.78 is 0. The van der Waals surface area contributed by atoms with Crippen LogP contribution in [0.4, 0.5) is 0 Å². The Hall–Kier alpha value is 0.0531. The van der Waals surface area contributed by atoms with E-state index in [0.717, 1.165) is 0 Å². The minimum atomic E-state index is -0.167. The summed E-state index contributed by atoms with van der Waals surface area (Å²) in [7, 11) is 0. The Balaban J connectivity index is -0.000000292. The third kappa shape index (κ3) is 16.5. The molecule has 16 heavy (non-hydrogen) atoms. The molecule has 94 valence electrons. The Morgan fingerprint density at radius 1 is 1.00 bits per heavy atom. The van der Waals surface area contributed by atoms with Crippen molar-refractivity contribution in [2.24, 2.45) is 11.8 Å². The number of carbonyl (C=O) groups excluding carboxylic acids is 1. The normalized spacial score (nSPS) is 11.0. The van der Waals surface area contributed by atoms with E-state index in [4.69, 9.17) is 5.11 Å². The smallest absolute Gasteiger partial charge is 0.322 e. The first kappa shape index (κ1) is 21.3. The Morgan fingerprint density at radius 2 is 1.31 bits per heavy atom. The molecule has 3 N–H and O–H groups in total. The van der Waals surface area contributed by atoms with Gasteiger partial charge in [0.2, 0.25) is 0 Å². The van der Waals surface area contributed by atoms with Crippen molar-refractivity contribution < 1.29 is 41.2 Å². The minimum absolute atomic E-state index is 0. The van der Waals surface area contributed by atoms with Gasteiger partial charge in [-0.3, -0.25) is 4.79 Å². The second kappa shape index (κ2) is 11.5. The second-order valence-corrected chi connectivity index (χ2v) is 4.40. The van der Waals surface area contributed by atoms with Gasteiger partial charge in [0.25, 0.3) is 0 Å². The van der Waals surface area contributed by atoms with Gasteiger partial charge in [0, 0.05) is 38.2 Å². The van der Waals surface area contributed by atoms with Gasteiger partial charge in [-0.15, -0.1) is 0 Å². The molecule has 0 aliphatic carbocycles. The van der Waals surface area contributed by atoms with Crippen LogP contribution in [0.3, 0.4) is 0 Å². The summed E-state index contributed by atoms with van der Waals surface area (Å²) in [6, 6.07) is 0. The van der Waals surface area contributed by atoms with E-state index in [1.54, 1.807) is 13.8 Å². The molecule has 3 nitrogen and oxygen atoms in total. The average molecular weight is 309 g/mol. The summed E-state index contributed by atoms with van der Waals surface area (Å²) in [6.07, 6.45) is 1.26. The zero-order valence-electron chi connectivity index (χ0n) is 11.2. The van der Waals surface area contributed by atoms with E-state index in [-0.39, 0.29) is 55.7 Å². The molecular formula is C12H25O3Zr+. The number of aliphatic hydroxyl groups is 2. The Kier molecular flexibility index (Phi) is 15.4. The van der Waals surface area contributed by atoms with Crippen LogP contribution in [0.25, 0.3) is 0 Å². The summed E-state index contributed by atoms with van der Waals surface area (Å²) in [5, 5.41) is 17.3. The van der Waals surface area contributed by atoms with Crippen LogP contribution in [0.2, 0.25) is 0 Å². The maximum absolute atomic E-state index is 9.23. The van der Waals surface area contributed by atoms with Gasteiger partial charge < -0.3 is 10.2 Å².